The summed E-state index contributed by atoms with van der Waals surface area (Å²) in [4.78, 5) is 63.4. The Hall–Kier alpha value is -5.38. The molecule has 338 valence electrons. The van der Waals surface area contributed by atoms with E-state index in [2.05, 4.69) is 21.9 Å². The summed E-state index contributed by atoms with van der Waals surface area (Å²) in [5, 5.41) is 5.83. The Morgan fingerprint density at radius 2 is 1.81 bits per heavy atom. The van der Waals surface area contributed by atoms with Gasteiger partial charge in [-0.15, -0.1) is 6.58 Å². The molecule has 0 radical (unpaired) electrons. The summed E-state index contributed by atoms with van der Waals surface area (Å²) in [6.45, 7) is 8.24. The molecule has 5 aliphatic rings. The van der Waals surface area contributed by atoms with Gasteiger partial charge in [0.25, 0.3) is 5.91 Å². The molecule has 3 heterocycles. The van der Waals surface area contributed by atoms with Crippen LogP contribution >= 0.6 is 0 Å². The van der Waals surface area contributed by atoms with Crippen molar-refractivity contribution in [3.8, 4) is 17.4 Å². The highest BCUT2D eigenvalue weighted by atomic mass is 32.2. The van der Waals surface area contributed by atoms with Gasteiger partial charge in [-0.2, -0.15) is 0 Å². The minimum atomic E-state index is -3.93. The molecule has 3 N–H and O–H groups in total. The molecule has 0 spiro atoms. The molecule has 1 aromatic heterocycles. The van der Waals surface area contributed by atoms with Crippen molar-refractivity contribution in [1.29, 1.82) is 0 Å². The zero-order chi connectivity index (χ0) is 44.5. The number of benzene rings is 2. The number of ether oxygens (including phenoxy) is 4. The fraction of sp³-hybridized carbons (Fsp3) is 0.553. The fourth-order valence-electron chi connectivity index (χ4n) is 9.39. The second-order valence-corrected chi connectivity index (χ2v) is 20.7. The maximum atomic E-state index is 15.1. The number of alkyl carbamates (subject to hydrolysis) is 1. The maximum Gasteiger partial charge on any atom is 0.407 e. The lowest BCUT2D eigenvalue weighted by molar-refractivity contribution is -0.142. The normalized spacial score (nSPS) is 26.6. The number of hydrogen-bond acceptors (Lipinski definition) is 11. The van der Waals surface area contributed by atoms with Crippen LogP contribution in [0.15, 0.2) is 61.2 Å². The number of sulfonamides is 1. The molecule has 5 atom stereocenters. The van der Waals surface area contributed by atoms with Crippen molar-refractivity contribution in [3.63, 3.8) is 0 Å². The number of cyclic esters (lactones) is 1. The van der Waals surface area contributed by atoms with Crippen LogP contribution in [0.4, 0.5) is 4.79 Å². The summed E-state index contributed by atoms with van der Waals surface area (Å²) in [5.74, 6) is -1.29. The highest BCUT2D eigenvalue weighted by Crippen LogP contribution is 2.46. The molecule has 3 saturated carbocycles. The van der Waals surface area contributed by atoms with Crippen LogP contribution in [0.5, 0.6) is 17.4 Å². The van der Waals surface area contributed by atoms with Gasteiger partial charge in [-0.25, -0.2) is 18.2 Å². The first kappa shape index (κ1) is 44.2. The van der Waals surface area contributed by atoms with Crippen LogP contribution in [0.3, 0.4) is 0 Å². The number of aryl methyl sites for hydroxylation is 1. The van der Waals surface area contributed by atoms with Crippen molar-refractivity contribution in [2.24, 2.45) is 17.3 Å². The predicted molar refractivity (Wildman–Crippen MR) is 234 cm³/mol. The highest BCUT2D eigenvalue weighted by molar-refractivity contribution is 7.91. The van der Waals surface area contributed by atoms with Crippen LogP contribution < -0.4 is 29.6 Å². The van der Waals surface area contributed by atoms with Gasteiger partial charge in [-0.05, 0) is 79.9 Å². The number of carbonyl (C=O) groups excluding carboxylic acids is 4. The highest BCUT2D eigenvalue weighted by Gasteiger charge is 2.62. The molecule has 4 fully saturated rings. The van der Waals surface area contributed by atoms with Crippen LogP contribution in [0.2, 0.25) is 0 Å². The van der Waals surface area contributed by atoms with E-state index in [9.17, 15) is 22.8 Å². The van der Waals surface area contributed by atoms with Gasteiger partial charge >= 0.3 is 6.09 Å². The number of rotatable bonds is 11. The molecule has 15 nitrogen and oxygen atoms in total. The molecule has 3 aliphatic carbocycles. The summed E-state index contributed by atoms with van der Waals surface area (Å²) in [6.07, 6.45) is 7.48. The van der Waals surface area contributed by atoms with Crippen LogP contribution in [-0.2, 0) is 42.2 Å². The zero-order valence-electron chi connectivity index (χ0n) is 36.4. The second-order valence-electron chi connectivity index (χ2n) is 18.7. The molecule has 8 rings (SSSR count). The molecule has 3 aromatic rings. The van der Waals surface area contributed by atoms with Gasteiger partial charge in [0.2, 0.25) is 27.7 Å². The van der Waals surface area contributed by atoms with E-state index in [0.29, 0.717) is 60.4 Å². The molecule has 1 saturated heterocycles. The first-order valence-electron chi connectivity index (χ1n) is 22.3. The van der Waals surface area contributed by atoms with Crippen LogP contribution in [0.25, 0.3) is 10.9 Å². The van der Waals surface area contributed by atoms with Crippen molar-refractivity contribution >= 4 is 44.7 Å². The number of amides is 4. The summed E-state index contributed by atoms with van der Waals surface area (Å²) < 4.78 is 52.8. The lowest BCUT2D eigenvalue weighted by Crippen LogP contribution is -2.59. The minimum Gasteiger partial charge on any atom is -0.496 e. The lowest BCUT2D eigenvalue weighted by atomic mass is 9.83. The lowest BCUT2D eigenvalue weighted by Gasteiger charge is -2.35. The first-order chi connectivity index (χ1) is 30.2. The van der Waals surface area contributed by atoms with E-state index in [0.717, 1.165) is 43.2 Å². The van der Waals surface area contributed by atoms with E-state index >= 15 is 4.79 Å². The maximum absolute atomic E-state index is 15.1. The third kappa shape index (κ3) is 9.90. The predicted octanol–water partition coefficient (Wildman–Crippen LogP) is 5.88. The van der Waals surface area contributed by atoms with E-state index in [1.165, 1.54) is 11.0 Å². The van der Waals surface area contributed by atoms with Crippen molar-refractivity contribution < 1.29 is 46.5 Å². The van der Waals surface area contributed by atoms with Crippen LogP contribution in [-0.4, -0.2) is 91.4 Å². The standard InChI is InChI=1S/C47H59N5O10S/c1-5-32-25-47(32,44(55)51-63(57,58)34-18-19-34)50-42(53)37-22-33-26-52(37)43(54)41(30-15-10-7-11-16-30)49-45(56)61-28-46(2,3)20-12-17-31-21-35-36(23-38(31)59-4)48-40(24-39(35)62-33)60-27-29-13-8-6-9-14-29/h5-6,8-9,13-14,21,23-24,30,32-34,37,41H,1,7,10-12,15-20,22,25-28H2,2-4H3,(H,49,56)(H,50,53)(H,51,55)/t32-,33-,37+,41+,47?/m1/s1. The molecule has 1 unspecified atom stereocenters. The molecular formula is C47H59N5O10S. The van der Waals surface area contributed by atoms with Crippen LogP contribution in [0, 0.1) is 17.3 Å². The Morgan fingerprint density at radius 1 is 1.05 bits per heavy atom. The van der Waals surface area contributed by atoms with Gasteiger partial charge in [0.1, 0.15) is 41.8 Å². The minimum absolute atomic E-state index is 0.0253. The quantitative estimate of drug-likeness (QED) is 0.195. The van der Waals surface area contributed by atoms with Gasteiger partial charge in [-0.1, -0.05) is 69.5 Å². The monoisotopic (exact) mass is 885 g/mol. The van der Waals surface area contributed by atoms with E-state index in [4.69, 9.17) is 23.9 Å². The molecule has 2 aromatic carbocycles. The number of carbonyl (C=O) groups is 4. The molecular weight excluding hydrogens is 827 g/mol. The number of nitrogens with zero attached hydrogens (tertiary/aromatic N) is 2. The van der Waals surface area contributed by atoms with E-state index in [1.54, 1.807) is 13.2 Å². The number of fused-ring (bicyclic) bond motifs is 3. The summed E-state index contributed by atoms with van der Waals surface area (Å²) >= 11 is 0. The average Bonchev–Trinajstić information content (AvgIpc) is 4.21. The number of pyridine rings is 1. The van der Waals surface area contributed by atoms with E-state index in [-0.39, 0.29) is 38.5 Å². The van der Waals surface area contributed by atoms with Crippen molar-refractivity contribution in [3.05, 3.63) is 72.3 Å². The molecule has 4 bridgehead atoms. The number of nitrogens with one attached hydrogen (secondary N) is 3. The Kier molecular flexibility index (Phi) is 12.6. The van der Waals surface area contributed by atoms with E-state index < -0.39 is 74.1 Å². The van der Waals surface area contributed by atoms with Gasteiger partial charge in [0.15, 0.2) is 0 Å². The van der Waals surface area contributed by atoms with Crippen LogP contribution in [0.1, 0.15) is 95.6 Å². The zero-order valence-corrected chi connectivity index (χ0v) is 37.2. The van der Waals surface area contributed by atoms with Gasteiger partial charge in [0.05, 0.1) is 31.0 Å². The molecule has 63 heavy (non-hydrogen) atoms. The summed E-state index contributed by atoms with van der Waals surface area (Å²) in [6, 6.07) is 13.1. The SMILES string of the molecule is C=C[C@@H]1CC1(NC(=O)[C@@H]1C[C@@H]2CN1C(=O)[C@H](C1CCCCC1)NC(=O)OCC(C)(C)CCCc1cc3c(cc(OCc4ccccc4)nc3cc1OC)O2)C(=O)NS(=O)(=O)C1CC1. The van der Waals surface area contributed by atoms with Gasteiger partial charge in [0, 0.05) is 29.9 Å². The Bertz CT molecular complexity index is 2350. The third-order valence-corrected chi connectivity index (χ3v) is 15.1. The fourth-order valence-corrected chi connectivity index (χ4v) is 10.8. The van der Waals surface area contributed by atoms with E-state index in [1.807, 2.05) is 56.3 Å². The Labute approximate surface area is 369 Å². The third-order valence-electron chi connectivity index (χ3n) is 13.3. The summed E-state index contributed by atoms with van der Waals surface area (Å²) in [7, 11) is -2.31. The Balaban J connectivity index is 1.17. The molecule has 2 aliphatic heterocycles. The number of aromatic nitrogens is 1. The number of hydrogen-bond donors (Lipinski definition) is 3. The Morgan fingerprint density at radius 3 is 2.51 bits per heavy atom. The van der Waals surface area contributed by atoms with Crippen molar-refractivity contribution in [1.82, 2.24) is 25.2 Å². The van der Waals surface area contributed by atoms with Gasteiger partial charge < -0.3 is 34.5 Å². The summed E-state index contributed by atoms with van der Waals surface area (Å²) in [5.41, 5.74) is 0.475. The average molecular weight is 886 g/mol. The number of methoxy groups -OCH3 is 1. The first-order valence-corrected chi connectivity index (χ1v) is 23.8. The molecule has 4 amide bonds. The second kappa shape index (κ2) is 18.0. The topological polar surface area (TPSA) is 192 Å². The van der Waals surface area contributed by atoms with Crippen molar-refractivity contribution in [2.45, 2.75) is 126 Å². The largest absolute Gasteiger partial charge is 0.496 e. The van der Waals surface area contributed by atoms with Crippen molar-refractivity contribution in [2.75, 3.05) is 20.3 Å². The smallest absolute Gasteiger partial charge is 0.407 e. The molecule has 16 heteroatoms. The van der Waals surface area contributed by atoms with Gasteiger partial charge in [-0.3, -0.25) is 19.1 Å².